The van der Waals surface area contributed by atoms with Crippen molar-refractivity contribution in [2.45, 2.75) is 52.1 Å². The van der Waals surface area contributed by atoms with E-state index in [1.807, 2.05) is 13.8 Å². The van der Waals surface area contributed by atoms with E-state index in [9.17, 15) is 9.59 Å². The molecular weight excluding hydrogens is 260 g/mol. The number of aliphatic carboxylic acids is 1. The Bertz CT molecular complexity index is 327. The average Bonchev–Trinajstić information content (AvgIpc) is 2.31. The molecule has 0 aliphatic heterocycles. The third kappa shape index (κ3) is 5.36. The predicted molar refractivity (Wildman–Crippen MR) is 75.6 cm³/mol. The van der Waals surface area contributed by atoms with Crippen molar-refractivity contribution >= 4 is 12.0 Å². The van der Waals surface area contributed by atoms with E-state index in [4.69, 9.17) is 9.84 Å². The second-order valence-corrected chi connectivity index (χ2v) is 5.68. The first-order valence-electron chi connectivity index (χ1n) is 7.33. The Morgan fingerprint density at radius 3 is 2.45 bits per heavy atom. The molecule has 1 rings (SSSR count). The van der Waals surface area contributed by atoms with Crippen LogP contribution in [0, 0.1) is 5.41 Å². The largest absolute Gasteiger partial charge is 0.481 e. The van der Waals surface area contributed by atoms with Gasteiger partial charge in [0.25, 0.3) is 0 Å². The van der Waals surface area contributed by atoms with E-state index in [2.05, 4.69) is 10.6 Å². The number of hydrogen-bond acceptors (Lipinski definition) is 3. The van der Waals surface area contributed by atoms with Gasteiger partial charge in [0.1, 0.15) is 0 Å². The predicted octanol–water partition coefficient (Wildman–Crippen LogP) is 1.75. The zero-order valence-electron chi connectivity index (χ0n) is 12.4. The summed E-state index contributed by atoms with van der Waals surface area (Å²) in [6.45, 7) is 5.47. The lowest BCUT2D eigenvalue weighted by atomic mass is 9.69. The first-order valence-corrected chi connectivity index (χ1v) is 7.33. The van der Waals surface area contributed by atoms with Gasteiger partial charge in [-0.25, -0.2) is 4.79 Å². The molecule has 0 atom stereocenters. The summed E-state index contributed by atoms with van der Waals surface area (Å²) in [6.07, 6.45) is 4.21. The minimum Gasteiger partial charge on any atom is -0.481 e. The van der Waals surface area contributed by atoms with Crippen LogP contribution in [0.5, 0.6) is 0 Å². The van der Waals surface area contributed by atoms with Gasteiger partial charge < -0.3 is 20.5 Å². The number of hydrogen-bond donors (Lipinski definition) is 3. The zero-order valence-corrected chi connectivity index (χ0v) is 12.4. The van der Waals surface area contributed by atoms with E-state index in [-0.39, 0.29) is 18.7 Å². The molecule has 116 valence electrons. The first kappa shape index (κ1) is 16.8. The quantitative estimate of drug-likeness (QED) is 0.563. The molecule has 6 nitrogen and oxygen atoms in total. The van der Waals surface area contributed by atoms with Crippen LogP contribution in [0.25, 0.3) is 0 Å². The van der Waals surface area contributed by atoms with Gasteiger partial charge in [-0.05, 0) is 39.5 Å². The fourth-order valence-corrected chi connectivity index (χ4v) is 2.13. The highest BCUT2D eigenvalue weighted by Crippen LogP contribution is 2.40. The van der Waals surface area contributed by atoms with Crippen LogP contribution in [0.4, 0.5) is 4.79 Å². The highest BCUT2D eigenvalue weighted by atomic mass is 16.5. The van der Waals surface area contributed by atoms with Crippen molar-refractivity contribution in [3.05, 3.63) is 0 Å². The molecule has 0 saturated heterocycles. The van der Waals surface area contributed by atoms with Crippen molar-refractivity contribution in [2.75, 3.05) is 19.7 Å². The second-order valence-electron chi connectivity index (χ2n) is 5.68. The van der Waals surface area contributed by atoms with Crippen LogP contribution in [0.3, 0.4) is 0 Å². The van der Waals surface area contributed by atoms with Gasteiger partial charge in [0.05, 0.1) is 11.5 Å². The van der Waals surface area contributed by atoms with Crippen molar-refractivity contribution in [3.63, 3.8) is 0 Å². The number of carbonyl (C=O) groups is 2. The lowest BCUT2D eigenvalue weighted by Gasteiger charge is -2.37. The van der Waals surface area contributed by atoms with Gasteiger partial charge >= 0.3 is 12.0 Å². The summed E-state index contributed by atoms with van der Waals surface area (Å²) in [7, 11) is 0. The van der Waals surface area contributed by atoms with E-state index in [1.54, 1.807) is 0 Å². The molecular formula is C14H26N2O4. The fourth-order valence-electron chi connectivity index (χ4n) is 2.13. The van der Waals surface area contributed by atoms with Gasteiger partial charge in [-0.3, -0.25) is 4.79 Å². The van der Waals surface area contributed by atoms with Crippen LogP contribution in [0.1, 0.15) is 46.0 Å². The summed E-state index contributed by atoms with van der Waals surface area (Å²) in [5, 5.41) is 14.5. The molecule has 0 bridgehead atoms. The minimum absolute atomic E-state index is 0.213. The Kier molecular flexibility index (Phi) is 6.78. The number of carboxylic acids is 1. The molecule has 1 aliphatic rings. The van der Waals surface area contributed by atoms with E-state index in [0.717, 1.165) is 19.3 Å². The number of carbonyl (C=O) groups excluding carboxylic acids is 1. The van der Waals surface area contributed by atoms with E-state index < -0.39 is 11.4 Å². The molecule has 0 aromatic rings. The van der Waals surface area contributed by atoms with Crippen molar-refractivity contribution in [1.29, 1.82) is 0 Å². The molecule has 3 N–H and O–H groups in total. The Morgan fingerprint density at radius 2 is 1.95 bits per heavy atom. The SMILES string of the molecule is CC(C)OCCCCNC(=O)NCC1(C(=O)O)CCC1. The van der Waals surface area contributed by atoms with Crippen LogP contribution in [-0.2, 0) is 9.53 Å². The molecule has 20 heavy (non-hydrogen) atoms. The summed E-state index contributed by atoms with van der Waals surface area (Å²) < 4.78 is 5.40. The number of ether oxygens (including phenoxy) is 1. The zero-order chi connectivity index (χ0) is 15.0. The maximum Gasteiger partial charge on any atom is 0.314 e. The van der Waals surface area contributed by atoms with Crippen LogP contribution in [0.15, 0.2) is 0 Å². The standard InChI is InChI=1S/C14H26N2O4/c1-11(2)20-9-4-3-8-15-13(19)16-10-14(12(17)18)6-5-7-14/h11H,3-10H2,1-2H3,(H,17,18)(H2,15,16,19). The summed E-state index contributed by atoms with van der Waals surface area (Å²) >= 11 is 0. The van der Waals surface area contributed by atoms with E-state index in [1.165, 1.54) is 0 Å². The molecule has 1 fully saturated rings. The van der Waals surface area contributed by atoms with Crippen molar-refractivity contribution in [3.8, 4) is 0 Å². The van der Waals surface area contributed by atoms with Gasteiger partial charge in [0, 0.05) is 19.7 Å². The molecule has 0 aromatic carbocycles. The normalized spacial score (nSPS) is 16.6. The monoisotopic (exact) mass is 286 g/mol. The number of urea groups is 1. The molecule has 2 amide bonds. The van der Waals surface area contributed by atoms with Crippen LogP contribution in [0.2, 0.25) is 0 Å². The molecule has 0 unspecified atom stereocenters. The number of rotatable bonds is 9. The smallest absolute Gasteiger partial charge is 0.314 e. The Balaban J connectivity index is 2.05. The van der Waals surface area contributed by atoms with Gasteiger partial charge in [-0.1, -0.05) is 6.42 Å². The lowest BCUT2D eigenvalue weighted by molar-refractivity contribution is -0.153. The average molecular weight is 286 g/mol. The number of carboxylic acid groups (broad SMARTS) is 1. The summed E-state index contributed by atoms with van der Waals surface area (Å²) in [5.74, 6) is -0.810. The highest BCUT2D eigenvalue weighted by molar-refractivity contribution is 5.78. The first-order chi connectivity index (χ1) is 9.46. The third-order valence-corrected chi connectivity index (χ3v) is 3.66. The minimum atomic E-state index is -0.810. The molecule has 0 spiro atoms. The molecule has 0 heterocycles. The number of unbranched alkanes of at least 4 members (excludes halogenated alkanes) is 1. The summed E-state index contributed by atoms with van der Waals surface area (Å²) in [6, 6.07) is -0.290. The van der Waals surface area contributed by atoms with Crippen LogP contribution >= 0.6 is 0 Å². The third-order valence-electron chi connectivity index (χ3n) is 3.66. The van der Waals surface area contributed by atoms with Gasteiger partial charge in [-0.2, -0.15) is 0 Å². The van der Waals surface area contributed by atoms with Crippen LogP contribution < -0.4 is 10.6 Å². The van der Waals surface area contributed by atoms with Crippen molar-refractivity contribution < 1.29 is 19.4 Å². The van der Waals surface area contributed by atoms with Gasteiger partial charge in [-0.15, -0.1) is 0 Å². The number of amides is 2. The number of nitrogens with one attached hydrogen (secondary N) is 2. The van der Waals surface area contributed by atoms with E-state index >= 15 is 0 Å². The molecule has 1 saturated carbocycles. The molecule has 1 aliphatic carbocycles. The van der Waals surface area contributed by atoms with E-state index in [0.29, 0.717) is 26.0 Å². The second kappa shape index (κ2) is 8.09. The maximum atomic E-state index is 11.5. The topological polar surface area (TPSA) is 87.7 Å². The fraction of sp³-hybridized carbons (Fsp3) is 0.857. The Morgan fingerprint density at radius 1 is 1.25 bits per heavy atom. The van der Waals surface area contributed by atoms with Crippen LogP contribution in [-0.4, -0.2) is 42.9 Å². The Labute approximate surface area is 120 Å². The lowest BCUT2D eigenvalue weighted by Crippen LogP contribution is -2.49. The molecule has 6 heteroatoms. The summed E-state index contributed by atoms with van der Waals surface area (Å²) in [4.78, 5) is 22.7. The molecule has 0 radical (unpaired) electrons. The van der Waals surface area contributed by atoms with Crippen molar-refractivity contribution in [2.24, 2.45) is 5.41 Å². The van der Waals surface area contributed by atoms with Gasteiger partial charge in [0.15, 0.2) is 0 Å². The highest BCUT2D eigenvalue weighted by Gasteiger charge is 2.44. The van der Waals surface area contributed by atoms with Crippen molar-refractivity contribution in [1.82, 2.24) is 10.6 Å². The maximum absolute atomic E-state index is 11.5. The Hall–Kier alpha value is -1.30. The molecule has 0 aromatic heterocycles. The summed E-state index contributed by atoms with van der Waals surface area (Å²) in [5.41, 5.74) is -0.734. The van der Waals surface area contributed by atoms with Gasteiger partial charge in [0.2, 0.25) is 0 Å².